The summed E-state index contributed by atoms with van der Waals surface area (Å²) < 4.78 is 0. The van der Waals surface area contributed by atoms with Crippen molar-refractivity contribution in [2.24, 2.45) is 0 Å². The van der Waals surface area contributed by atoms with E-state index >= 15 is 0 Å². The minimum atomic E-state index is 0.899. The van der Waals surface area contributed by atoms with E-state index in [-0.39, 0.29) is 0 Å². The van der Waals surface area contributed by atoms with Gasteiger partial charge in [-0.1, -0.05) is 42.2 Å². The van der Waals surface area contributed by atoms with E-state index in [0.29, 0.717) is 0 Å². The van der Waals surface area contributed by atoms with Gasteiger partial charge in [0.1, 0.15) is 6.33 Å². The van der Waals surface area contributed by atoms with Crippen LogP contribution in [0.15, 0.2) is 61.1 Å². The monoisotopic (exact) mass is 230 g/mol. The van der Waals surface area contributed by atoms with Gasteiger partial charge in [0.2, 0.25) is 0 Å². The number of hydrogen-bond acceptors (Lipinski definition) is 2. The molecule has 3 rings (SSSR count). The van der Waals surface area contributed by atoms with E-state index in [1.807, 2.05) is 48.5 Å². The summed E-state index contributed by atoms with van der Waals surface area (Å²) in [5.41, 5.74) is 2.83. The molecule has 2 aromatic carbocycles. The van der Waals surface area contributed by atoms with Crippen molar-refractivity contribution in [3.63, 3.8) is 0 Å². The molecular weight excluding hydrogens is 220 g/mol. The largest absolute Gasteiger partial charge is 0.244 e. The molecule has 0 amide bonds. The van der Waals surface area contributed by atoms with Crippen LogP contribution < -0.4 is 0 Å². The lowest BCUT2D eigenvalue weighted by Gasteiger charge is -1.97. The van der Waals surface area contributed by atoms with Crippen LogP contribution in [0.25, 0.3) is 10.9 Å². The second kappa shape index (κ2) is 4.68. The molecule has 0 saturated carbocycles. The summed E-state index contributed by atoms with van der Waals surface area (Å²) in [6.07, 6.45) is 3.35. The average molecular weight is 230 g/mol. The Balaban J connectivity index is 2.09. The Hall–Kier alpha value is -2.66. The zero-order chi connectivity index (χ0) is 12.2. The number of aromatic nitrogens is 2. The van der Waals surface area contributed by atoms with Crippen molar-refractivity contribution in [1.29, 1.82) is 0 Å². The lowest BCUT2D eigenvalue weighted by molar-refractivity contribution is 1.22. The molecule has 0 N–H and O–H groups in total. The quantitative estimate of drug-likeness (QED) is 0.555. The number of nitrogens with zero attached hydrogens (tertiary/aromatic N) is 2. The van der Waals surface area contributed by atoms with Gasteiger partial charge in [-0.25, -0.2) is 9.97 Å². The summed E-state index contributed by atoms with van der Waals surface area (Å²) in [7, 11) is 0. The third-order valence-corrected chi connectivity index (χ3v) is 2.65. The summed E-state index contributed by atoms with van der Waals surface area (Å²) >= 11 is 0. The van der Waals surface area contributed by atoms with Crippen molar-refractivity contribution in [1.82, 2.24) is 9.97 Å². The molecule has 0 radical (unpaired) electrons. The van der Waals surface area contributed by atoms with E-state index in [1.54, 1.807) is 12.5 Å². The molecule has 0 aliphatic heterocycles. The van der Waals surface area contributed by atoms with E-state index in [4.69, 9.17) is 0 Å². The summed E-state index contributed by atoms with van der Waals surface area (Å²) in [6.45, 7) is 0. The molecule has 1 heterocycles. The van der Waals surface area contributed by atoms with E-state index in [2.05, 4.69) is 21.8 Å². The maximum absolute atomic E-state index is 4.28. The van der Waals surface area contributed by atoms with Gasteiger partial charge < -0.3 is 0 Å². The number of para-hydroxylation sites is 1. The summed E-state index contributed by atoms with van der Waals surface area (Å²) in [5, 5.41) is 1.01. The highest BCUT2D eigenvalue weighted by Gasteiger charge is 1.98. The lowest BCUT2D eigenvalue weighted by atomic mass is 10.1. The molecule has 0 saturated heterocycles. The van der Waals surface area contributed by atoms with Gasteiger partial charge in [0, 0.05) is 17.1 Å². The van der Waals surface area contributed by atoms with Crippen molar-refractivity contribution in [2.45, 2.75) is 0 Å². The van der Waals surface area contributed by atoms with E-state index in [9.17, 15) is 0 Å². The zero-order valence-corrected chi connectivity index (χ0v) is 9.67. The van der Waals surface area contributed by atoms with Crippen LogP contribution >= 0.6 is 0 Å². The molecule has 18 heavy (non-hydrogen) atoms. The highest BCUT2D eigenvalue weighted by Crippen LogP contribution is 2.13. The van der Waals surface area contributed by atoms with Crippen LogP contribution in [-0.4, -0.2) is 9.97 Å². The first-order valence-electron chi connectivity index (χ1n) is 5.69. The van der Waals surface area contributed by atoms with Crippen molar-refractivity contribution in [3.8, 4) is 11.8 Å². The smallest absolute Gasteiger partial charge is 0.116 e. The van der Waals surface area contributed by atoms with Crippen molar-refractivity contribution in [3.05, 3.63) is 72.2 Å². The summed E-state index contributed by atoms with van der Waals surface area (Å²) in [6, 6.07) is 15.9. The minimum absolute atomic E-state index is 0.899. The first-order valence-corrected chi connectivity index (χ1v) is 5.69. The van der Waals surface area contributed by atoms with Gasteiger partial charge in [-0.05, 0) is 18.2 Å². The van der Waals surface area contributed by atoms with Crippen molar-refractivity contribution < 1.29 is 0 Å². The number of hydrogen-bond donors (Lipinski definition) is 0. The molecular formula is C16H10N2. The highest BCUT2D eigenvalue weighted by molar-refractivity contribution is 5.83. The molecule has 0 aliphatic carbocycles. The van der Waals surface area contributed by atoms with E-state index < -0.39 is 0 Å². The molecule has 2 heteroatoms. The molecule has 0 atom stereocenters. The number of fused-ring (bicyclic) bond motifs is 1. The standard InChI is InChI=1S/C16H10N2/c1-2-5-13(6-3-1)9-10-14-7-4-8-15-11-17-12-18-16(14)15/h1-8,11-12H. The Kier molecular flexibility index (Phi) is 2.73. The maximum Gasteiger partial charge on any atom is 0.116 e. The normalized spacial score (nSPS) is 9.78. The summed E-state index contributed by atoms with van der Waals surface area (Å²) in [4.78, 5) is 8.29. The molecule has 0 unspecified atom stereocenters. The number of benzene rings is 2. The average Bonchev–Trinajstić information content (AvgIpc) is 2.46. The van der Waals surface area contributed by atoms with Gasteiger partial charge >= 0.3 is 0 Å². The van der Waals surface area contributed by atoms with Crippen LogP contribution in [0, 0.1) is 11.8 Å². The Morgan fingerprint density at radius 2 is 1.72 bits per heavy atom. The molecule has 0 fully saturated rings. The van der Waals surface area contributed by atoms with E-state index in [1.165, 1.54) is 0 Å². The second-order valence-corrected chi connectivity index (χ2v) is 3.88. The topological polar surface area (TPSA) is 25.8 Å². The molecule has 0 aliphatic rings. The van der Waals surface area contributed by atoms with Crippen LogP contribution in [0.1, 0.15) is 11.1 Å². The highest BCUT2D eigenvalue weighted by atomic mass is 14.8. The third kappa shape index (κ3) is 2.07. The van der Waals surface area contributed by atoms with Gasteiger partial charge in [0.15, 0.2) is 0 Å². The fraction of sp³-hybridized carbons (Fsp3) is 0. The van der Waals surface area contributed by atoms with Gasteiger partial charge in [0.25, 0.3) is 0 Å². The molecule has 84 valence electrons. The van der Waals surface area contributed by atoms with Crippen LogP contribution in [0.2, 0.25) is 0 Å². The van der Waals surface area contributed by atoms with Crippen LogP contribution in [0.4, 0.5) is 0 Å². The molecule has 3 aromatic rings. The Labute approximate surface area is 105 Å². The molecule has 1 aromatic heterocycles. The Bertz CT molecular complexity index is 732. The number of rotatable bonds is 0. The molecule has 0 spiro atoms. The predicted octanol–water partition coefficient (Wildman–Crippen LogP) is 3.03. The lowest BCUT2D eigenvalue weighted by Crippen LogP contribution is -1.85. The second-order valence-electron chi connectivity index (χ2n) is 3.88. The van der Waals surface area contributed by atoms with Crippen LogP contribution in [0.3, 0.4) is 0 Å². The SMILES string of the molecule is C(#Cc1cccc2cncnc12)c1ccccc1. The van der Waals surface area contributed by atoms with Gasteiger partial charge in [-0.2, -0.15) is 0 Å². The molecule has 0 bridgehead atoms. The predicted molar refractivity (Wildman–Crippen MR) is 72.0 cm³/mol. The fourth-order valence-corrected chi connectivity index (χ4v) is 1.78. The van der Waals surface area contributed by atoms with Crippen molar-refractivity contribution in [2.75, 3.05) is 0 Å². The fourth-order valence-electron chi connectivity index (χ4n) is 1.78. The first-order chi connectivity index (χ1) is 8.93. The summed E-state index contributed by atoms with van der Waals surface area (Å²) in [5.74, 6) is 6.31. The zero-order valence-electron chi connectivity index (χ0n) is 9.67. The molecule has 2 nitrogen and oxygen atoms in total. The Morgan fingerprint density at radius 3 is 2.61 bits per heavy atom. The maximum atomic E-state index is 4.28. The van der Waals surface area contributed by atoms with Gasteiger partial charge in [-0.3, -0.25) is 0 Å². The van der Waals surface area contributed by atoms with Gasteiger partial charge in [-0.15, -0.1) is 0 Å². The third-order valence-electron chi connectivity index (χ3n) is 2.65. The van der Waals surface area contributed by atoms with Gasteiger partial charge in [0.05, 0.1) is 11.1 Å². The van der Waals surface area contributed by atoms with Crippen LogP contribution in [0.5, 0.6) is 0 Å². The van der Waals surface area contributed by atoms with Crippen molar-refractivity contribution >= 4 is 10.9 Å². The first kappa shape index (κ1) is 10.5. The van der Waals surface area contributed by atoms with Crippen LogP contribution in [-0.2, 0) is 0 Å². The Morgan fingerprint density at radius 1 is 0.833 bits per heavy atom. The minimum Gasteiger partial charge on any atom is -0.244 e. The van der Waals surface area contributed by atoms with E-state index in [0.717, 1.165) is 22.0 Å².